The predicted octanol–water partition coefficient (Wildman–Crippen LogP) is 1.02. The summed E-state index contributed by atoms with van der Waals surface area (Å²) >= 11 is 0. The molecule has 1 aliphatic heterocycles. The summed E-state index contributed by atoms with van der Waals surface area (Å²) in [4.78, 5) is 22.4. The van der Waals surface area contributed by atoms with E-state index in [-0.39, 0.29) is 35.2 Å². The van der Waals surface area contributed by atoms with Gasteiger partial charge in [0.05, 0.1) is 23.9 Å². The van der Waals surface area contributed by atoms with Crippen LogP contribution in [0.4, 0.5) is 5.82 Å². The van der Waals surface area contributed by atoms with Gasteiger partial charge in [-0.15, -0.1) is 0 Å². The first-order valence-electron chi connectivity index (χ1n) is 7.96. The highest BCUT2D eigenvalue weighted by molar-refractivity contribution is 7.91. The van der Waals surface area contributed by atoms with Crippen molar-refractivity contribution in [2.45, 2.75) is 45.7 Å². The lowest BCUT2D eigenvalue weighted by atomic mass is 10.2. The van der Waals surface area contributed by atoms with Gasteiger partial charge in [0.2, 0.25) is 0 Å². The lowest BCUT2D eigenvalue weighted by Gasteiger charge is -2.27. The molecule has 0 radical (unpaired) electrons. The van der Waals surface area contributed by atoms with Crippen LogP contribution in [0.15, 0.2) is 12.4 Å². The summed E-state index contributed by atoms with van der Waals surface area (Å²) < 4.78 is 23.3. The molecule has 0 spiro atoms. The Balaban J connectivity index is 2.10. The first-order valence-corrected chi connectivity index (χ1v) is 9.78. The lowest BCUT2D eigenvalue weighted by molar-refractivity contribution is 0.0934. The van der Waals surface area contributed by atoms with Gasteiger partial charge in [0, 0.05) is 18.6 Å². The third-order valence-electron chi connectivity index (χ3n) is 4.14. The molecule has 2 atom stereocenters. The van der Waals surface area contributed by atoms with Gasteiger partial charge in [-0.25, -0.2) is 18.4 Å². The van der Waals surface area contributed by atoms with Crippen LogP contribution in [0.5, 0.6) is 0 Å². The summed E-state index contributed by atoms with van der Waals surface area (Å²) in [5.74, 6) is 0.732. The van der Waals surface area contributed by atoms with E-state index >= 15 is 0 Å². The van der Waals surface area contributed by atoms with E-state index in [1.165, 1.54) is 6.20 Å². The molecule has 1 fully saturated rings. The largest absolute Gasteiger partial charge is 0.352 e. The highest BCUT2D eigenvalue weighted by Crippen LogP contribution is 2.22. The van der Waals surface area contributed by atoms with Crippen LogP contribution in [0.1, 0.15) is 44.1 Å². The number of rotatable bonds is 6. The minimum Gasteiger partial charge on any atom is -0.352 e. The fourth-order valence-corrected chi connectivity index (χ4v) is 4.35. The third kappa shape index (κ3) is 4.40. The first-order chi connectivity index (χ1) is 10.9. The number of hydrogen-bond donors (Lipinski definition) is 1. The molecule has 1 aromatic rings. The molecule has 1 amide bonds. The molecule has 128 valence electrons. The van der Waals surface area contributed by atoms with Crippen molar-refractivity contribution in [2.24, 2.45) is 0 Å². The molecule has 0 bridgehead atoms. The van der Waals surface area contributed by atoms with Gasteiger partial charge in [-0.3, -0.25) is 4.79 Å². The number of aromatic nitrogens is 2. The summed E-state index contributed by atoms with van der Waals surface area (Å²) in [7, 11) is -2.95. The van der Waals surface area contributed by atoms with Crippen molar-refractivity contribution in [1.82, 2.24) is 15.3 Å². The van der Waals surface area contributed by atoms with Crippen LogP contribution in [0.25, 0.3) is 0 Å². The van der Waals surface area contributed by atoms with Gasteiger partial charge >= 0.3 is 0 Å². The summed E-state index contributed by atoms with van der Waals surface area (Å²) in [6.45, 7) is 6.52. The Morgan fingerprint density at radius 1 is 1.39 bits per heavy atom. The van der Waals surface area contributed by atoms with E-state index in [9.17, 15) is 13.2 Å². The van der Waals surface area contributed by atoms with E-state index in [2.05, 4.69) is 15.3 Å². The van der Waals surface area contributed by atoms with Gasteiger partial charge in [-0.05, 0) is 26.7 Å². The average molecular weight is 340 g/mol. The molecule has 1 aromatic heterocycles. The van der Waals surface area contributed by atoms with E-state index in [4.69, 9.17) is 0 Å². The number of sulfone groups is 1. The fraction of sp³-hybridized carbons (Fsp3) is 0.667. The minimum absolute atomic E-state index is 0.0703. The number of anilines is 1. The van der Waals surface area contributed by atoms with Crippen molar-refractivity contribution in [3.05, 3.63) is 18.1 Å². The van der Waals surface area contributed by atoms with E-state index in [0.717, 1.165) is 6.42 Å². The Hall–Kier alpha value is -1.70. The van der Waals surface area contributed by atoms with Gasteiger partial charge in [0.15, 0.2) is 9.84 Å². The fourth-order valence-electron chi connectivity index (χ4n) is 2.62. The van der Waals surface area contributed by atoms with Gasteiger partial charge in [0.1, 0.15) is 11.5 Å². The van der Waals surface area contributed by atoms with Crippen molar-refractivity contribution in [3.63, 3.8) is 0 Å². The molecule has 1 aliphatic rings. The molecule has 0 saturated carbocycles. The Morgan fingerprint density at radius 3 is 2.61 bits per heavy atom. The molecule has 2 unspecified atom stereocenters. The first kappa shape index (κ1) is 17.7. The zero-order chi connectivity index (χ0) is 17.0. The van der Waals surface area contributed by atoms with E-state index in [1.807, 2.05) is 25.7 Å². The minimum atomic E-state index is -2.95. The summed E-state index contributed by atoms with van der Waals surface area (Å²) in [6.07, 6.45) is 4.43. The number of hydrogen-bond acceptors (Lipinski definition) is 6. The maximum Gasteiger partial charge on any atom is 0.271 e. The van der Waals surface area contributed by atoms with Crippen molar-refractivity contribution in [1.29, 1.82) is 0 Å². The number of nitrogens with one attached hydrogen (secondary N) is 1. The van der Waals surface area contributed by atoms with Gasteiger partial charge in [-0.2, -0.15) is 0 Å². The Bertz CT molecular complexity index is 645. The summed E-state index contributed by atoms with van der Waals surface area (Å²) in [5, 5.41) is 2.84. The zero-order valence-corrected chi connectivity index (χ0v) is 14.6. The smallest absolute Gasteiger partial charge is 0.271 e. The predicted molar refractivity (Wildman–Crippen MR) is 89.3 cm³/mol. The van der Waals surface area contributed by atoms with Crippen molar-refractivity contribution in [2.75, 3.05) is 23.0 Å². The topological polar surface area (TPSA) is 92.3 Å². The van der Waals surface area contributed by atoms with Crippen LogP contribution in [0.2, 0.25) is 0 Å². The van der Waals surface area contributed by atoms with Crippen molar-refractivity contribution < 1.29 is 13.2 Å². The van der Waals surface area contributed by atoms with E-state index in [0.29, 0.717) is 18.8 Å². The molecule has 2 rings (SSSR count). The Morgan fingerprint density at radius 2 is 2.13 bits per heavy atom. The van der Waals surface area contributed by atoms with Gasteiger partial charge in [-0.1, -0.05) is 6.92 Å². The van der Waals surface area contributed by atoms with Crippen LogP contribution in [-0.2, 0) is 9.84 Å². The molecule has 0 aliphatic carbocycles. The summed E-state index contributed by atoms with van der Waals surface area (Å²) in [6, 6.07) is 0.0129. The van der Waals surface area contributed by atoms with Crippen molar-refractivity contribution >= 4 is 21.6 Å². The molecule has 0 aromatic carbocycles. The van der Waals surface area contributed by atoms with Crippen LogP contribution in [0, 0.1) is 0 Å². The SMILES string of the molecule is CCC(C)NC(=O)c1cnc(N(CC)C2CCS(=O)(=O)C2)cn1. The van der Waals surface area contributed by atoms with Gasteiger partial charge in [0.25, 0.3) is 5.91 Å². The highest BCUT2D eigenvalue weighted by Gasteiger charge is 2.32. The lowest BCUT2D eigenvalue weighted by Crippen LogP contribution is -2.37. The van der Waals surface area contributed by atoms with Crippen LogP contribution in [0.3, 0.4) is 0 Å². The molecular formula is C15H24N4O3S. The van der Waals surface area contributed by atoms with E-state index in [1.54, 1.807) is 6.20 Å². The molecule has 8 heteroatoms. The monoisotopic (exact) mass is 340 g/mol. The van der Waals surface area contributed by atoms with Gasteiger partial charge < -0.3 is 10.2 Å². The standard InChI is InChI=1S/C15H24N4O3S/c1-4-11(3)18-15(20)13-8-17-14(9-16-13)19(5-2)12-6-7-23(21,22)10-12/h8-9,11-12H,4-7,10H2,1-3H3,(H,18,20). The summed E-state index contributed by atoms with van der Waals surface area (Å²) in [5.41, 5.74) is 0.268. The van der Waals surface area contributed by atoms with Crippen molar-refractivity contribution in [3.8, 4) is 0 Å². The second-order valence-electron chi connectivity index (χ2n) is 5.89. The Kier molecular flexibility index (Phi) is 5.56. The number of amides is 1. The third-order valence-corrected chi connectivity index (χ3v) is 5.90. The molecule has 2 heterocycles. The molecule has 1 saturated heterocycles. The number of carbonyl (C=O) groups is 1. The maximum absolute atomic E-state index is 12.0. The second kappa shape index (κ2) is 7.25. The molecule has 7 nitrogen and oxygen atoms in total. The normalized spacial score (nSPS) is 20.9. The molecular weight excluding hydrogens is 316 g/mol. The quantitative estimate of drug-likeness (QED) is 0.831. The Labute approximate surface area is 137 Å². The van der Waals surface area contributed by atoms with Crippen LogP contribution >= 0.6 is 0 Å². The average Bonchev–Trinajstić information content (AvgIpc) is 2.88. The highest BCUT2D eigenvalue weighted by atomic mass is 32.2. The van der Waals surface area contributed by atoms with Crippen LogP contribution in [-0.4, -0.2) is 54.4 Å². The number of carbonyl (C=O) groups excluding carboxylic acids is 1. The maximum atomic E-state index is 12.0. The van der Waals surface area contributed by atoms with E-state index < -0.39 is 9.84 Å². The number of nitrogens with zero attached hydrogens (tertiary/aromatic N) is 3. The molecule has 1 N–H and O–H groups in total. The second-order valence-corrected chi connectivity index (χ2v) is 8.11. The zero-order valence-electron chi connectivity index (χ0n) is 13.8. The molecule has 23 heavy (non-hydrogen) atoms. The van der Waals surface area contributed by atoms with Crippen LogP contribution < -0.4 is 10.2 Å².